The first-order chi connectivity index (χ1) is 7.81. The predicted octanol–water partition coefficient (Wildman–Crippen LogP) is 2.07. The van der Waals surface area contributed by atoms with Crippen LogP contribution < -0.4 is 5.32 Å². The van der Waals surface area contributed by atoms with Crippen LogP contribution in [-0.2, 0) is 0 Å². The second-order valence-corrected chi connectivity index (χ2v) is 4.81. The number of aliphatic hydroxyl groups excluding tert-OH is 1. The van der Waals surface area contributed by atoms with Crippen LogP contribution in [0.15, 0.2) is 24.3 Å². The number of aryl methyl sites for hydroxylation is 1. The third-order valence-electron chi connectivity index (χ3n) is 3.57. The summed E-state index contributed by atoms with van der Waals surface area (Å²) in [6, 6.07) is 8.54. The molecule has 88 valence electrons. The van der Waals surface area contributed by atoms with E-state index in [1.165, 1.54) is 24.0 Å². The maximum atomic E-state index is 9.59. The van der Waals surface area contributed by atoms with Crippen LogP contribution in [-0.4, -0.2) is 24.8 Å². The number of hydrogen-bond acceptors (Lipinski definition) is 2. The van der Waals surface area contributed by atoms with E-state index in [9.17, 15) is 5.11 Å². The molecule has 1 aliphatic rings. The van der Waals surface area contributed by atoms with Gasteiger partial charge in [0.1, 0.15) is 0 Å². The van der Waals surface area contributed by atoms with Crippen molar-refractivity contribution >= 4 is 0 Å². The van der Waals surface area contributed by atoms with Crippen LogP contribution in [0.3, 0.4) is 0 Å². The zero-order chi connectivity index (χ0) is 11.4. The molecule has 1 aliphatic heterocycles. The molecule has 1 aromatic carbocycles. The Bertz CT molecular complexity index is 331. The molecule has 0 amide bonds. The molecule has 2 nitrogen and oxygen atoms in total. The average Bonchev–Trinajstić information content (AvgIpc) is 2.31. The van der Waals surface area contributed by atoms with Crippen molar-refractivity contribution in [2.24, 2.45) is 5.92 Å². The minimum atomic E-state index is 0.260. The average molecular weight is 219 g/mol. The molecule has 0 spiro atoms. The second kappa shape index (κ2) is 5.46. The first-order valence-electron chi connectivity index (χ1n) is 6.19. The molecule has 0 radical (unpaired) electrons. The van der Waals surface area contributed by atoms with Gasteiger partial charge in [-0.2, -0.15) is 0 Å². The maximum absolute atomic E-state index is 9.59. The van der Waals surface area contributed by atoms with Crippen molar-refractivity contribution in [3.05, 3.63) is 35.4 Å². The Labute approximate surface area is 97.7 Å². The SMILES string of the molecule is Cc1cccc(C(CO)C2CCCNC2)c1. The van der Waals surface area contributed by atoms with E-state index in [1.54, 1.807) is 0 Å². The van der Waals surface area contributed by atoms with Gasteiger partial charge in [0.2, 0.25) is 0 Å². The molecular formula is C14H21NO. The van der Waals surface area contributed by atoms with Gasteiger partial charge in [-0.15, -0.1) is 0 Å². The summed E-state index contributed by atoms with van der Waals surface area (Å²) >= 11 is 0. The lowest BCUT2D eigenvalue weighted by Gasteiger charge is -2.30. The Hall–Kier alpha value is -0.860. The highest BCUT2D eigenvalue weighted by Crippen LogP contribution is 2.29. The zero-order valence-corrected chi connectivity index (χ0v) is 9.95. The maximum Gasteiger partial charge on any atom is 0.0502 e. The highest BCUT2D eigenvalue weighted by molar-refractivity contribution is 5.26. The van der Waals surface area contributed by atoms with Gasteiger partial charge in [0.05, 0.1) is 6.61 Å². The highest BCUT2D eigenvalue weighted by atomic mass is 16.3. The standard InChI is InChI=1S/C14H21NO/c1-11-4-2-5-12(8-11)14(10-16)13-6-3-7-15-9-13/h2,4-5,8,13-16H,3,6-7,9-10H2,1H3. The largest absolute Gasteiger partial charge is 0.396 e. The number of hydrogen-bond donors (Lipinski definition) is 2. The van der Waals surface area contributed by atoms with Crippen LogP contribution in [0.4, 0.5) is 0 Å². The van der Waals surface area contributed by atoms with Crippen molar-refractivity contribution < 1.29 is 5.11 Å². The van der Waals surface area contributed by atoms with E-state index in [0.29, 0.717) is 11.8 Å². The Balaban J connectivity index is 2.14. The Morgan fingerprint density at radius 1 is 1.50 bits per heavy atom. The van der Waals surface area contributed by atoms with Crippen LogP contribution >= 0.6 is 0 Å². The van der Waals surface area contributed by atoms with Gasteiger partial charge in [-0.3, -0.25) is 0 Å². The first kappa shape index (κ1) is 11.6. The molecule has 16 heavy (non-hydrogen) atoms. The minimum absolute atomic E-state index is 0.260. The quantitative estimate of drug-likeness (QED) is 0.815. The summed E-state index contributed by atoms with van der Waals surface area (Å²) in [5.41, 5.74) is 2.57. The summed E-state index contributed by atoms with van der Waals surface area (Å²) in [6.45, 7) is 4.54. The number of aliphatic hydroxyl groups is 1. The number of rotatable bonds is 3. The van der Waals surface area contributed by atoms with Crippen molar-refractivity contribution in [1.82, 2.24) is 5.32 Å². The van der Waals surface area contributed by atoms with Crippen LogP contribution in [0.5, 0.6) is 0 Å². The molecular weight excluding hydrogens is 198 g/mol. The molecule has 2 N–H and O–H groups in total. The van der Waals surface area contributed by atoms with Crippen molar-refractivity contribution in [3.63, 3.8) is 0 Å². The topological polar surface area (TPSA) is 32.3 Å². The molecule has 1 fully saturated rings. The van der Waals surface area contributed by atoms with Crippen LogP contribution in [0.2, 0.25) is 0 Å². The molecule has 2 heteroatoms. The highest BCUT2D eigenvalue weighted by Gasteiger charge is 2.24. The summed E-state index contributed by atoms with van der Waals surface area (Å²) < 4.78 is 0. The summed E-state index contributed by atoms with van der Waals surface area (Å²) in [7, 11) is 0. The van der Waals surface area contributed by atoms with Crippen molar-refractivity contribution in [3.8, 4) is 0 Å². The first-order valence-corrected chi connectivity index (χ1v) is 6.19. The van der Waals surface area contributed by atoms with E-state index >= 15 is 0 Å². The number of piperidine rings is 1. The Kier molecular flexibility index (Phi) is 3.97. The molecule has 1 heterocycles. The summed E-state index contributed by atoms with van der Waals surface area (Å²) in [5, 5.41) is 13.0. The normalized spacial score (nSPS) is 23.0. The molecule has 1 aromatic rings. The van der Waals surface area contributed by atoms with Crippen LogP contribution in [0.1, 0.15) is 29.9 Å². The molecule has 0 aliphatic carbocycles. The third-order valence-corrected chi connectivity index (χ3v) is 3.57. The van der Waals surface area contributed by atoms with Gasteiger partial charge in [0.15, 0.2) is 0 Å². The zero-order valence-electron chi connectivity index (χ0n) is 9.95. The second-order valence-electron chi connectivity index (χ2n) is 4.81. The lowest BCUT2D eigenvalue weighted by Crippen LogP contribution is -2.34. The summed E-state index contributed by atoms with van der Waals surface area (Å²) in [4.78, 5) is 0. The molecule has 2 unspecified atom stereocenters. The molecule has 2 atom stereocenters. The van der Waals surface area contributed by atoms with E-state index in [2.05, 4.69) is 36.5 Å². The van der Waals surface area contributed by atoms with Crippen molar-refractivity contribution in [1.29, 1.82) is 0 Å². The van der Waals surface area contributed by atoms with Crippen LogP contribution in [0.25, 0.3) is 0 Å². The van der Waals surface area contributed by atoms with Gasteiger partial charge < -0.3 is 10.4 Å². The Morgan fingerprint density at radius 2 is 2.38 bits per heavy atom. The van der Waals surface area contributed by atoms with Gasteiger partial charge in [-0.05, 0) is 44.3 Å². The number of nitrogens with one attached hydrogen (secondary N) is 1. The van der Waals surface area contributed by atoms with Crippen molar-refractivity contribution in [2.75, 3.05) is 19.7 Å². The number of benzene rings is 1. The van der Waals surface area contributed by atoms with Gasteiger partial charge in [0, 0.05) is 5.92 Å². The van der Waals surface area contributed by atoms with Crippen molar-refractivity contribution in [2.45, 2.75) is 25.7 Å². The molecule has 2 rings (SSSR count). The van der Waals surface area contributed by atoms with E-state index in [0.717, 1.165) is 13.1 Å². The van der Waals surface area contributed by atoms with Gasteiger partial charge >= 0.3 is 0 Å². The van der Waals surface area contributed by atoms with Gasteiger partial charge in [0.25, 0.3) is 0 Å². The Morgan fingerprint density at radius 3 is 3.00 bits per heavy atom. The molecule has 1 saturated heterocycles. The van der Waals surface area contributed by atoms with E-state index in [-0.39, 0.29) is 6.61 Å². The fourth-order valence-corrected chi connectivity index (χ4v) is 2.65. The smallest absolute Gasteiger partial charge is 0.0502 e. The van der Waals surface area contributed by atoms with Gasteiger partial charge in [-0.1, -0.05) is 29.8 Å². The molecule has 0 bridgehead atoms. The van der Waals surface area contributed by atoms with E-state index in [1.807, 2.05) is 0 Å². The fourth-order valence-electron chi connectivity index (χ4n) is 2.65. The molecule has 0 saturated carbocycles. The van der Waals surface area contributed by atoms with E-state index in [4.69, 9.17) is 0 Å². The van der Waals surface area contributed by atoms with Crippen LogP contribution in [0, 0.1) is 12.8 Å². The lowest BCUT2D eigenvalue weighted by molar-refractivity contribution is 0.204. The van der Waals surface area contributed by atoms with E-state index < -0.39 is 0 Å². The van der Waals surface area contributed by atoms with Gasteiger partial charge in [-0.25, -0.2) is 0 Å². The summed E-state index contributed by atoms with van der Waals surface area (Å²) in [6.07, 6.45) is 2.46. The minimum Gasteiger partial charge on any atom is -0.396 e. The lowest BCUT2D eigenvalue weighted by atomic mass is 9.82. The third kappa shape index (κ3) is 2.63. The fraction of sp³-hybridized carbons (Fsp3) is 0.571. The predicted molar refractivity (Wildman–Crippen MR) is 66.6 cm³/mol. The monoisotopic (exact) mass is 219 g/mol. The summed E-state index contributed by atoms with van der Waals surface area (Å²) in [5.74, 6) is 0.883. The molecule has 0 aromatic heterocycles.